The van der Waals surface area contributed by atoms with E-state index in [4.69, 9.17) is 0 Å². The Bertz CT molecular complexity index is 355. The number of hydrogen-bond donors (Lipinski definition) is 1. The van der Waals surface area contributed by atoms with Crippen LogP contribution in [-0.2, 0) is 6.42 Å². The zero-order valence-corrected chi connectivity index (χ0v) is 14.6. The number of nitrogens with one attached hydrogen (secondary N) is 1. The van der Waals surface area contributed by atoms with Gasteiger partial charge in [0, 0.05) is 6.04 Å². The highest BCUT2D eigenvalue weighted by atomic mass is 14.9. The van der Waals surface area contributed by atoms with Crippen molar-refractivity contribution in [1.29, 1.82) is 0 Å². The monoisotopic (exact) mass is 289 g/mol. The highest BCUT2D eigenvalue weighted by Gasteiger charge is 2.14. The minimum absolute atomic E-state index is 0.679. The molecule has 1 aromatic carbocycles. The van der Waals surface area contributed by atoms with Gasteiger partial charge in [-0.1, -0.05) is 76.3 Å². The Hall–Kier alpha value is -0.820. The summed E-state index contributed by atoms with van der Waals surface area (Å²) >= 11 is 0. The van der Waals surface area contributed by atoms with Crippen molar-refractivity contribution in [1.82, 2.24) is 5.32 Å². The van der Waals surface area contributed by atoms with Gasteiger partial charge >= 0.3 is 0 Å². The van der Waals surface area contributed by atoms with E-state index in [-0.39, 0.29) is 0 Å². The summed E-state index contributed by atoms with van der Waals surface area (Å²) in [7, 11) is 0. The second-order valence-electron chi connectivity index (χ2n) is 6.43. The van der Waals surface area contributed by atoms with Crippen LogP contribution >= 0.6 is 0 Å². The summed E-state index contributed by atoms with van der Waals surface area (Å²) in [5.74, 6) is 0.895. The molecule has 1 aromatic rings. The third-order valence-electron chi connectivity index (χ3n) is 4.56. The Morgan fingerprint density at radius 2 is 1.71 bits per heavy atom. The number of benzene rings is 1. The summed E-state index contributed by atoms with van der Waals surface area (Å²) in [6, 6.07) is 9.71. The van der Waals surface area contributed by atoms with E-state index in [0.717, 1.165) is 12.5 Å². The maximum absolute atomic E-state index is 3.71. The topological polar surface area (TPSA) is 12.0 Å². The Morgan fingerprint density at radius 1 is 1.00 bits per heavy atom. The average molecular weight is 290 g/mol. The summed E-state index contributed by atoms with van der Waals surface area (Å²) in [5.41, 5.74) is 2.83. The first-order valence-electron chi connectivity index (χ1n) is 8.98. The third kappa shape index (κ3) is 7.66. The molecular weight excluding hydrogens is 254 g/mol. The van der Waals surface area contributed by atoms with Crippen LogP contribution < -0.4 is 5.32 Å². The minimum atomic E-state index is 0.679. The van der Waals surface area contributed by atoms with Gasteiger partial charge in [0.05, 0.1) is 0 Å². The molecule has 1 rings (SSSR count). The molecule has 0 radical (unpaired) electrons. The van der Waals surface area contributed by atoms with Crippen molar-refractivity contribution in [3.63, 3.8) is 0 Å². The molecule has 0 spiro atoms. The molecule has 0 aliphatic rings. The number of aryl methyl sites for hydroxylation is 2. The van der Waals surface area contributed by atoms with Crippen LogP contribution in [0.1, 0.15) is 70.4 Å². The van der Waals surface area contributed by atoms with Gasteiger partial charge in [-0.25, -0.2) is 0 Å². The van der Waals surface area contributed by atoms with E-state index in [0.29, 0.717) is 6.04 Å². The van der Waals surface area contributed by atoms with E-state index < -0.39 is 0 Å². The molecule has 1 N–H and O–H groups in total. The van der Waals surface area contributed by atoms with Gasteiger partial charge in [-0.05, 0) is 44.2 Å². The fourth-order valence-corrected chi connectivity index (χ4v) is 3.07. The van der Waals surface area contributed by atoms with Crippen molar-refractivity contribution in [2.45, 2.75) is 78.7 Å². The zero-order chi connectivity index (χ0) is 15.5. The quantitative estimate of drug-likeness (QED) is 0.566. The maximum Gasteiger partial charge on any atom is 0.00727 e. The van der Waals surface area contributed by atoms with Crippen molar-refractivity contribution < 1.29 is 0 Å². The van der Waals surface area contributed by atoms with Gasteiger partial charge in [-0.2, -0.15) is 0 Å². The lowest BCUT2D eigenvalue weighted by atomic mass is 9.89. The third-order valence-corrected chi connectivity index (χ3v) is 4.56. The van der Waals surface area contributed by atoms with Gasteiger partial charge in [0.1, 0.15) is 0 Å². The highest BCUT2D eigenvalue weighted by molar-refractivity contribution is 5.21. The van der Waals surface area contributed by atoms with Crippen molar-refractivity contribution >= 4 is 0 Å². The first-order valence-corrected chi connectivity index (χ1v) is 8.98. The normalized spacial score (nSPS) is 14.1. The first-order chi connectivity index (χ1) is 10.2. The van der Waals surface area contributed by atoms with E-state index in [1.807, 2.05) is 0 Å². The molecule has 0 saturated carbocycles. The fraction of sp³-hybridized carbons (Fsp3) is 0.700. The summed E-state index contributed by atoms with van der Waals surface area (Å²) in [5, 5.41) is 3.71. The van der Waals surface area contributed by atoms with Crippen LogP contribution in [0.25, 0.3) is 0 Å². The Balaban J connectivity index is 2.45. The first kappa shape index (κ1) is 18.2. The van der Waals surface area contributed by atoms with E-state index in [1.54, 1.807) is 0 Å². The molecule has 0 aromatic heterocycles. The molecule has 1 heteroatoms. The minimum Gasteiger partial charge on any atom is -0.314 e. The van der Waals surface area contributed by atoms with Gasteiger partial charge in [-0.15, -0.1) is 0 Å². The molecule has 2 unspecified atom stereocenters. The molecule has 2 atom stereocenters. The van der Waals surface area contributed by atoms with Crippen LogP contribution in [0.4, 0.5) is 0 Å². The van der Waals surface area contributed by atoms with E-state index >= 15 is 0 Å². The van der Waals surface area contributed by atoms with Crippen molar-refractivity contribution in [3.8, 4) is 0 Å². The van der Waals surface area contributed by atoms with Crippen LogP contribution in [0.2, 0.25) is 0 Å². The number of rotatable bonds is 11. The molecule has 0 aliphatic carbocycles. The summed E-state index contributed by atoms with van der Waals surface area (Å²) < 4.78 is 0. The number of unbranched alkanes of at least 4 members (excludes halogenated alkanes) is 1. The second kappa shape index (κ2) is 10.8. The van der Waals surface area contributed by atoms with Gasteiger partial charge < -0.3 is 5.32 Å². The van der Waals surface area contributed by atoms with Gasteiger partial charge in [0.15, 0.2) is 0 Å². The van der Waals surface area contributed by atoms with Crippen molar-refractivity contribution in [3.05, 3.63) is 35.4 Å². The summed E-state index contributed by atoms with van der Waals surface area (Å²) in [6.45, 7) is 10.1. The summed E-state index contributed by atoms with van der Waals surface area (Å²) in [6.07, 6.45) is 9.24. The lowest BCUT2D eigenvalue weighted by Crippen LogP contribution is -2.31. The summed E-state index contributed by atoms with van der Waals surface area (Å²) in [4.78, 5) is 0. The maximum atomic E-state index is 3.71. The predicted molar refractivity (Wildman–Crippen MR) is 94.9 cm³/mol. The zero-order valence-electron chi connectivity index (χ0n) is 14.6. The van der Waals surface area contributed by atoms with Crippen LogP contribution in [0, 0.1) is 12.8 Å². The Kier molecular flexibility index (Phi) is 9.41. The Labute approximate surface area is 132 Å². The average Bonchev–Trinajstić information content (AvgIpc) is 2.50. The SMILES string of the molecule is CCCCC(CC)CC(CCc1ccc(C)cc1)NCC. The van der Waals surface area contributed by atoms with Crippen LogP contribution in [-0.4, -0.2) is 12.6 Å². The van der Waals surface area contributed by atoms with E-state index in [1.165, 1.54) is 56.1 Å². The van der Waals surface area contributed by atoms with Gasteiger partial charge in [-0.3, -0.25) is 0 Å². The molecule has 21 heavy (non-hydrogen) atoms. The molecule has 0 heterocycles. The molecular formula is C20H35N. The molecule has 0 bridgehead atoms. The van der Waals surface area contributed by atoms with E-state index in [9.17, 15) is 0 Å². The lowest BCUT2D eigenvalue weighted by molar-refractivity contribution is 0.341. The largest absolute Gasteiger partial charge is 0.314 e. The molecule has 0 amide bonds. The van der Waals surface area contributed by atoms with Gasteiger partial charge in [0.25, 0.3) is 0 Å². The van der Waals surface area contributed by atoms with Crippen LogP contribution in [0.3, 0.4) is 0 Å². The smallest absolute Gasteiger partial charge is 0.00727 e. The van der Waals surface area contributed by atoms with Gasteiger partial charge in [0.2, 0.25) is 0 Å². The highest BCUT2D eigenvalue weighted by Crippen LogP contribution is 2.21. The van der Waals surface area contributed by atoms with Crippen molar-refractivity contribution in [2.24, 2.45) is 5.92 Å². The lowest BCUT2D eigenvalue weighted by Gasteiger charge is -2.23. The number of hydrogen-bond acceptors (Lipinski definition) is 1. The standard InChI is InChI=1S/C20H35N/c1-5-8-9-18(6-2)16-20(21-7-3)15-14-19-12-10-17(4)11-13-19/h10-13,18,20-21H,5-9,14-16H2,1-4H3. The molecule has 0 fully saturated rings. The van der Waals surface area contributed by atoms with Crippen LogP contribution in [0.5, 0.6) is 0 Å². The Morgan fingerprint density at radius 3 is 2.29 bits per heavy atom. The van der Waals surface area contributed by atoms with Crippen LogP contribution in [0.15, 0.2) is 24.3 Å². The van der Waals surface area contributed by atoms with E-state index in [2.05, 4.69) is 57.3 Å². The molecule has 1 nitrogen and oxygen atoms in total. The second-order valence-corrected chi connectivity index (χ2v) is 6.43. The molecule has 120 valence electrons. The molecule has 0 aliphatic heterocycles. The fourth-order valence-electron chi connectivity index (χ4n) is 3.07. The van der Waals surface area contributed by atoms with Crippen molar-refractivity contribution in [2.75, 3.05) is 6.54 Å². The predicted octanol–water partition coefficient (Wildman–Crippen LogP) is 5.51. The molecule has 0 saturated heterocycles.